The van der Waals surface area contributed by atoms with Crippen LogP contribution >= 0.6 is 0 Å². The molecule has 2 aromatic rings. The molecule has 3 rings (SSSR count). The number of rotatable bonds is 62. The fourth-order valence-electron chi connectivity index (χ4n) is 11.1. The molecule has 7 amide bonds. The Hall–Kier alpha value is -5.47. The predicted octanol–water partition coefficient (Wildman–Crippen LogP) is 11.0. The predicted molar refractivity (Wildman–Crippen MR) is 362 cm³/mol. The second-order valence-corrected chi connectivity index (χ2v) is 24.2. The van der Waals surface area contributed by atoms with Crippen molar-refractivity contribution in [1.29, 1.82) is 0 Å². The van der Waals surface area contributed by atoms with Crippen LogP contribution in [0.5, 0.6) is 0 Å². The van der Waals surface area contributed by atoms with Crippen LogP contribution in [0.3, 0.4) is 0 Å². The van der Waals surface area contributed by atoms with E-state index in [1.807, 2.05) is 24.3 Å². The molecule has 91 heavy (non-hydrogen) atoms. The number of carbonyl (C=O) groups is 7. The molecule has 0 unspecified atom stereocenters. The van der Waals surface area contributed by atoms with Gasteiger partial charge >= 0.3 is 0 Å². The lowest BCUT2D eigenvalue weighted by atomic mass is 9.98. The number of fused-ring (bicyclic) bond motifs is 3. The fraction of sp³-hybridized carbons (Fsp3) is 0.736. The molecule has 1 aliphatic carbocycles. The number of benzene rings is 2. The lowest BCUT2D eigenvalue weighted by Crippen LogP contribution is -2.48. The van der Waals surface area contributed by atoms with Crippen LogP contribution in [0.25, 0.3) is 11.1 Å². The van der Waals surface area contributed by atoms with Gasteiger partial charge in [-0.1, -0.05) is 216 Å². The van der Waals surface area contributed by atoms with E-state index in [1.54, 1.807) is 0 Å². The minimum atomic E-state index is -1.02. The summed E-state index contributed by atoms with van der Waals surface area (Å²) in [5, 5.41) is 19.7. The normalized spacial score (nSPS) is 12.0. The Bertz CT molecular complexity index is 2190. The third kappa shape index (κ3) is 42.4. The average Bonchev–Trinajstić information content (AvgIpc) is 1.74. The van der Waals surface area contributed by atoms with E-state index in [1.165, 1.54) is 164 Å². The monoisotopic (exact) mass is 1280 g/mol. The second-order valence-electron chi connectivity index (χ2n) is 24.2. The molecule has 1 aliphatic rings. The van der Waals surface area contributed by atoms with Crippen molar-refractivity contribution in [3.8, 4) is 11.1 Å². The number of amides is 7. The van der Waals surface area contributed by atoms with Gasteiger partial charge in [0.15, 0.2) is 0 Å². The Kier molecular flexibility index (Phi) is 49.2. The first kappa shape index (κ1) is 79.8. The molecule has 1 atom stereocenters. The molecule has 19 heteroatoms. The van der Waals surface area contributed by atoms with Gasteiger partial charge in [0, 0.05) is 83.7 Å². The maximum Gasteiger partial charge on any atom is 0.242 e. The van der Waals surface area contributed by atoms with Gasteiger partial charge in [0.25, 0.3) is 0 Å². The molecule has 2 aromatic carbocycles. The topological polar surface area (TPSA) is 250 Å². The van der Waals surface area contributed by atoms with Crippen LogP contribution in [0.4, 0.5) is 0 Å². The molecule has 0 saturated heterocycles. The first-order chi connectivity index (χ1) is 44.6. The molecule has 0 radical (unpaired) electrons. The third-order valence-corrected chi connectivity index (χ3v) is 16.4. The molecular formula is C72H121N7O12. The lowest BCUT2D eigenvalue weighted by molar-refractivity contribution is -0.130. The highest BCUT2D eigenvalue weighted by Gasteiger charge is 2.28. The van der Waals surface area contributed by atoms with Crippen molar-refractivity contribution in [2.45, 2.75) is 238 Å². The van der Waals surface area contributed by atoms with Crippen molar-refractivity contribution in [2.75, 3.05) is 105 Å². The number of ether oxygens (including phenoxy) is 5. The number of hydrogen-bond acceptors (Lipinski definition) is 12. The van der Waals surface area contributed by atoms with Gasteiger partial charge in [-0.15, -0.1) is 0 Å². The highest BCUT2D eigenvalue weighted by atomic mass is 16.5. The van der Waals surface area contributed by atoms with E-state index in [2.05, 4.69) is 75.3 Å². The van der Waals surface area contributed by atoms with Crippen molar-refractivity contribution in [2.24, 2.45) is 0 Å². The Labute approximate surface area is 547 Å². The third-order valence-electron chi connectivity index (χ3n) is 16.4. The van der Waals surface area contributed by atoms with E-state index in [0.29, 0.717) is 72.1 Å². The van der Waals surface area contributed by atoms with Crippen molar-refractivity contribution in [3.63, 3.8) is 0 Å². The van der Waals surface area contributed by atoms with Gasteiger partial charge in [0.05, 0.1) is 66.1 Å². The van der Waals surface area contributed by atoms with Gasteiger partial charge in [0.2, 0.25) is 41.4 Å². The SMILES string of the molecule is CCCCCCCCCCCCCCCC(=O)NCCOCCNC(=O)CCOCCNC(=O)CC[C@H](NC(=O)CCOCC1c2ccccc2-c2ccccc21)C(=O)NCCOCCC(=O)NCCOCCNC(=O)CCCCCCCCCCCCCCC. The summed E-state index contributed by atoms with van der Waals surface area (Å²) in [6, 6.07) is 15.5. The quantitative estimate of drug-likeness (QED) is 0.0306. The van der Waals surface area contributed by atoms with Gasteiger partial charge in [0.1, 0.15) is 6.04 Å². The van der Waals surface area contributed by atoms with Crippen LogP contribution in [0.1, 0.15) is 243 Å². The highest BCUT2D eigenvalue weighted by molar-refractivity contribution is 5.88. The lowest BCUT2D eigenvalue weighted by Gasteiger charge is -2.19. The summed E-state index contributed by atoms with van der Waals surface area (Å²) in [7, 11) is 0. The number of unbranched alkanes of at least 4 members (excludes halogenated alkanes) is 24. The summed E-state index contributed by atoms with van der Waals surface area (Å²) >= 11 is 0. The zero-order chi connectivity index (χ0) is 65.3. The van der Waals surface area contributed by atoms with Crippen LogP contribution in [0.15, 0.2) is 48.5 Å². The van der Waals surface area contributed by atoms with Gasteiger partial charge in [-0.25, -0.2) is 0 Å². The molecule has 0 heterocycles. The fourth-order valence-corrected chi connectivity index (χ4v) is 11.1. The number of nitrogens with one attached hydrogen (secondary N) is 7. The van der Waals surface area contributed by atoms with Gasteiger partial charge in [-0.2, -0.15) is 0 Å². The molecule has 0 aliphatic heterocycles. The van der Waals surface area contributed by atoms with Crippen LogP contribution < -0.4 is 37.2 Å². The largest absolute Gasteiger partial charge is 0.380 e. The molecular weight excluding hydrogens is 1150 g/mol. The van der Waals surface area contributed by atoms with Crippen molar-refractivity contribution >= 4 is 41.4 Å². The summed E-state index contributed by atoms with van der Waals surface area (Å²) in [5.74, 6) is -1.51. The van der Waals surface area contributed by atoms with E-state index >= 15 is 0 Å². The highest BCUT2D eigenvalue weighted by Crippen LogP contribution is 2.44. The van der Waals surface area contributed by atoms with Crippen molar-refractivity contribution in [3.05, 3.63) is 59.7 Å². The zero-order valence-corrected chi connectivity index (χ0v) is 56.3. The molecule has 0 bridgehead atoms. The van der Waals surface area contributed by atoms with Crippen molar-refractivity contribution < 1.29 is 57.2 Å². The molecule has 0 aromatic heterocycles. The maximum absolute atomic E-state index is 13.5. The van der Waals surface area contributed by atoms with E-state index in [4.69, 9.17) is 23.7 Å². The Morgan fingerprint density at radius 2 is 0.626 bits per heavy atom. The van der Waals surface area contributed by atoms with Gasteiger partial charge < -0.3 is 60.9 Å². The molecule has 7 N–H and O–H groups in total. The number of hydrogen-bond donors (Lipinski definition) is 7. The molecule has 0 spiro atoms. The van der Waals surface area contributed by atoms with Gasteiger partial charge in [-0.05, 0) is 41.5 Å². The van der Waals surface area contributed by atoms with Crippen molar-refractivity contribution in [1.82, 2.24) is 37.2 Å². The van der Waals surface area contributed by atoms with E-state index < -0.39 is 17.9 Å². The van der Waals surface area contributed by atoms with Gasteiger partial charge in [-0.3, -0.25) is 33.6 Å². The maximum atomic E-state index is 13.5. The Balaban J connectivity index is 1.22. The molecule has 516 valence electrons. The zero-order valence-electron chi connectivity index (χ0n) is 56.3. The Morgan fingerprint density at radius 1 is 0.330 bits per heavy atom. The first-order valence-electron chi connectivity index (χ1n) is 35.6. The standard InChI is InChI=1S/C72H121N7O12/c1-3-5-7-9-11-13-15-17-19-21-23-25-27-37-66(80)73-45-54-89-56-47-76-69(83)41-50-87-53-44-75-68(82)40-39-65(79-71(85)43-52-91-59-64-62-35-31-29-33-60(62)61-34-30-32-36-63(61)64)72(86)78-49-58-88-51-42-70(84)77-48-57-90-55-46-74-67(81)38-28-26-24-22-20-18-16-14-12-10-8-6-4-2/h29-36,64-65H,3-28,37-59H2,1-2H3,(H,73,80)(H,74,81)(H,75,82)(H,76,83)(H,77,84)(H,78,86)(H,79,85)/t65-/m0/s1. The Morgan fingerprint density at radius 3 is 1.01 bits per heavy atom. The molecule has 0 saturated carbocycles. The van der Waals surface area contributed by atoms with Crippen LogP contribution in [0.2, 0.25) is 0 Å². The summed E-state index contributed by atoms with van der Waals surface area (Å²) in [5.41, 5.74) is 4.71. The van der Waals surface area contributed by atoms with E-state index in [0.717, 1.165) is 25.7 Å². The molecule has 19 nitrogen and oxygen atoms in total. The summed E-state index contributed by atoms with van der Waals surface area (Å²) in [6.45, 7) is 8.74. The number of carbonyl (C=O) groups excluding carboxylic acids is 7. The smallest absolute Gasteiger partial charge is 0.242 e. The summed E-state index contributed by atoms with van der Waals surface area (Å²) in [6.07, 6.45) is 34.3. The summed E-state index contributed by atoms with van der Waals surface area (Å²) in [4.78, 5) is 88.7. The first-order valence-corrected chi connectivity index (χ1v) is 35.6. The second kappa shape index (κ2) is 56.1. The molecule has 0 fully saturated rings. The van der Waals surface area contributed by atoms with Crippen LogP contribution in [-0.4, -0.2) is 153 Å². The van der Waals surface area contributed by atoms with Crippen LogP contribution in [0, 0.1) is 0 Å². The average molecular weight is 1280 g/mol. The van der Waals surface area contributed by atoms with E-state index in [9.17, 15) is 33.6 Å². The van der Waals surface area contributed by atoms with Crippen LogP contribution in [-0.2, 0) is 57.2 Å². The van der Waals surface area contributed by atoms with E-state index in [-0.39, 0.29) is 114 Å². The minimum Gasteiger partial charge on any atom is -0.380 e. The summed E-state index contributed by atoms with van der Waals surface area (Å²) < 4.78 is 28.4. The minimum absolute atomic E-state index is 0.00472.